The van der Waals surface area contributed by atoms with Crippen molar-refractivity contribution < 1.29 is 9.84 Å². The van der Waals surface area contributed by atoms with Gasteiger partial charge in [0.15, 0.2) is 0 Å². The minimum Gasteiger partial charge on any atom is -0.481 e. The molecule has 0 aliphatic carbocycles. The summed E-state index contributed by atoms with van der Waals surface area (Å²) in [5.41, 5.74) is 0. The molecule has 1 rings (SSSR count). The van der Waals surface area contributed by atoms with Gasteiger partial charge in [-0.15, -0.1) is 0 Å². The Balaban J connectivity index is 2.80. The molecule has 78 valence electrons. The first kappa shape index (κ1) is 10.7. The van der Waals surface area contributed by atoms with E-state index in [1.54, 1.807) is 13.2 Å². The number of hydrogen-bond donors (Lipinski definition) is 1. The fourth-order valence-corrected chi connectivity index (χ4v) is 1.17. The molecule has 0 radical (unpaired) electrons. The van der Waals surface area contributed by atoms with Crippen LogP contribution in [0.1, 0.15) is 6.92 Å². The summed E-state index contributed by atoms with van der Waals surface area (Å²) in [4.78, 5) is 9.96. The van der Waals surface area contributed by atoms with E-state index in [0.717, 1.165) is 12.4 Å². The van der Waals surface area contributed by atoms with Gasteiger partial charge >= 0.3 is 0 Å². The highest BCUT2D eigenvalue weighted by Crippen LogP contribution is 2.14. The first-order valence-electron chi connectivity index (χ1n) is 4.53. The number of nitrogens with zero attached hydrogens (tertiary/aromatic N) is 3. The Hall–Kier alpha value is -1.36. The number of anilines is 1. The first-order valence-corrected chi connectivity index (χ1v) is 4.53. The van der Waals surface area contributed by atoms with Crippen molar-refractivity contribution in [2.45, 2.75) is 6.92 Å². The third-order valence-electron chi connectivity index (χ3n) is 1.91. The van der Waals surface area contributed by atoms with E-state index in [1.807, 2.05) is 11.8 Å². The van der Waals surface area contributed by atoms with Crippen LogP contribution in [0.5, 0.6) is 5.88 Å². The lowest BCUT2D eigenvalue weighted by Crippen LogP contribution is -2.27. The highest BCUT2D eigenvalue weighted by Gasteiger charge is 2.06. The molecule has 0 aromatic carbocycles. The van der Waals surface area contributed by atoms with Gasteiger partial charge in [0.25, 0.3) is 0 Å². The molecule has 0 spiro atoms. The fourth-order valence-electron chi connectivity index (χ4n) is 1.17. The molecule has 0 aliphatic heterocycles. The van der Waals surface area contributed by atoms with Crippen LogP contribution in [0.3, 0.4) is 0 Å². The van der Waals surface area contributed by atoms with E-state index in [2.05, 4.69) is 9.97 Å². The molecule has 5 nitrogen and oxygen atoms in total. The topological polar surface area (TPSA) is 58.5 Å². The number of ether oxygens (including phenoxy) is 1. The van der Waals surface area contributed by atoms with Gasteiger partial charge in [-0.25, -0.2) is 9.97 Å². The number of aliphatic hydroxyl groups is 1. The Morgan fingerprint density at radius 3 is 2.86 bits per heavy atom. The molecule has 0 bridgehead atoms. The summed E-state index contributed by atoms with van der Waals surface area (Å²) in [6.45, 7) is 3.47. The van der Waals surface area contributed by atoms with Crippen molar-refractivity contribution in [1.82, 2.24) is 9.97 Å². The van der Waals surface area contributed by atoms with Crippen LogP contribution < -0.4 is 9.64 Å². The lowest BCUT2D eigenvalue weighted by molar-refractivity contribution is 0.302. The molecule has 0 atom stereocenters. The molecule has 1 aromatic heterocycles. The van der Waals surface area contributed by atoms with Crippen LogP contribution in [-0.2, 0) is 0 Å². The molecule has 1 N–H and O–H groups in total. The van der Waals surface area contributed by atoms with E-state index in [1.165, 1.54) is 6.33 Å². The molecule has 1 heterocycles. The Kier molecular flexibility index (Phi) is 4.12. The minimum absolute atomic E-state index is 0.111. The van der Waals surface area contributed by atoms with Gasteiger partial charge < -0.3 is 14.7 Å². The molecule has 14 heavy (non-hydrogen) atoms. The molecule has 0 unspecified atom stereocenters. The molecular weight excluding hydrogens is 182 g/mol. The number of methoxy groups -OCH3 is 1. The Morgan fingerprint density at radius 2 is 2.29 bits per heavy atom. The van der Waals surface area contributed by atoms with E-state index in [9.17, 15) is 0 Å². The van der Waals surface area contributed by atoms with Gasteiger partial charge in [0, 0.05) is 19.2 Å². The summed E-state index contributed by atoms with van der Waals surface area (Å²) in [5, 5.41) is 8.84. The average Bonchev–Trinajstić information content (AvgIpc) is 2.26. The SMILES string of the molecule is CCN(CCO)c1cc(OC)ncn1. The smallest absolute Gasteiger partial charge is 0.218 e. The van der Waals surface area contributed by atoms with Crippen molar-refractivity contribution in [2.75, 3.05) is 31.7 Å². The number of aromatic nitrogens is 2. The molecule has 0 fully saturated rings. The van der Waals surface area contributed by atoms with Gasteiger partial charge in [0.2, 0.25) is 5.88 Å². The maximum absolute atomic E-state index is 8.84. The predicted octanol–water partition coefficient (Wildman–Crippen LogP) is 0.304. The second kappa shape index (κ2) is 5.39. The zero-order valence-electron chi connectivity index (χ0n) is 8.47. The molecule has 5 heteroatoms. The van der Waals surface area contributed by atoms with Gasteiger partial charge in [-0.05, 0) is 6.92 Å². The highest BCUT2D eigenvalue weighted by molar-refractivity contribution is 5.40. The normalized spacial score (nSPS) is 9.93. The van der Waals surface area contributed by atoms with Crippen molar-refractivity contribution in [1.29, 1.82) is 0 Å². The van der Waals surface area contributed by atoms with Crippen LogP contribution in [0.15, 0.2) is 12.4 Å². The second-order valence-corrected chi connectivity index (χ2v) is 2.72. The molecule has 1 aromatic rings. The van der Waals surface area contributed by atoms with E-state index in [4.69, 9.17) is 9.84 Å². The van der Waals surface area contributed by atoms with Crippen molar-refractivity contribution >= 4 is 5.82 Å². The Morgan fingerprint density at radius 1 is 1.50 bits per heavy atom. The highest BCUT2D eigenvalue weighted by atomic mass is 16.5. The zero-order chi connectivity index (χ0) is 10.4. The van der Waals surface area contributed by atoms with Crippen LogP contribution in [0.2, 0.25) is 0 Å². The van der Waals surface area contributed by atoms with E-state index < -0.39 is 0 Å². The number of likely N-dealkylation sites (N-methyl/N-ethyl adjacent to an activating group) is 1. The largest absolute Gasteiger partial charge is 0.481 e. The Bertz CT molecular complexity index is 281. The molecule has 0 amide bonds. The maximum atomic E-state index is 8.84. The zero-order valence-corrected chi connectivity index (χ0v) is 8.47. The monoisotopic (exact) mass is 197 g/mol. The minimum atomic E-state index is 0.111. The number of rotatable bonds is 5. The van der Waals surface area contributed by atoms with Crippen LogP contribution in [0, 0.1) is 0 Å². The van der Waals surface area contributed by atoms with Gasteiger partial charge in [-0.3, -0.25) is 0 Å². The van der Waals surface area contributed by atoms with Crippen molar-refractivity contribution in [3.8, 4) is 5.88 Å². The van der Waals surface area contributed by atoms with Gasteiger partial charge in [0.1, 0.15) is 12.1 Å². The van der Waals surface area contributed by atoms with E-state index in [-0.39, 0.29) is 6.61 Å². The summed E-state index contributed by atoms with van der Waals surface area (Å²) in [6.07, 6.45) is 1.45. The molecular formula is C9H15N3O2. The third-order valence-corrected chi connectivity index (χ3v) is 1.91. The lowest BCUT2D eigenvalue weighted by atomic mass is 10.4. The van der Waals surface area contributed by atoms with Crippen LogP contribution in [0.25, 0.3) is 0 Å². The van der Waals surface area contributed by atoms with Crippen LogP contribution in [-0.4, -0.2) is 41.9 Å². The molecule has 0 saturated carbocycles. The summed E-state index contributed by atoms with van der Waals surface area (Å²) in [7, 11) is 1.56. The van der Waals surface area contributed by atoms with Crippen molar-refractivity contribution in [2.24, 2.45) is 0 Å². The number of hydrogen-bond acceptors (Lipinski definition) is 5. The first-order chi connectivity index (χ1) is 6.81. The lowest BCUT2D eigenvalue weighted by Gasteiger charge is -2.20. The van der Waals surface area contributed by atoms with E-state index in [0.29, 0.717) is 12.4 Å². The molecule has 0 saturated heterocycles. The van der Waals surface area contributed by atoms with E-state index >= 15 is 0 Å². The van der Waals surface area contributed by atoms with Crippen molar-refractivity contribution in [3.05, 3.63) is 12.4 Å². The summed E-state index contributed by atoms with van der Waals surface area (Å²) >= 11 is 0. The quantitative estimate of drug-likeness (QED) is 0.736. The number of aliphatic hydroxyl groups excluding tert-OH is 1. The third kappa shape index (κ3) is 2.56. The standard InChI is InChI=1S/C9H15N3O2/c1-3-12(4-5-13)8-6-9(14-2)11-7-10-8/h6-7,13H,3-5H2,1-2H3. The van der Waals surface area contributed by atoms with Crippen LogP contribution in [0.4, 0.5) is 5.82 Å². The summed E-state index contributed by atoms with van der Waals surface area (Å²) in [5.74, 6) is 1.31. The maximum Gasteiger partial charge on any atom is 0.218 e. The predicted molar refractivity (Wildman–Crippen MR) is 53.6 cm³/mol. The fraction of sp³-hybridized carbons (Fsp3) is 0.556. The summed E-state index contributed by atoms with van der Waals surface area (Å²) < 4.78 is 4.99. The molecule has 0 aliphatic rings. The second-order valence-electron chi connectivity index (χ2n) is 2.72. The van der Waals surface area contributed by atoms with Crippen LogP contribution >= 0.6 is 0 Å². The average molecular weight is 197 g/mol. The van der Waals surface area contributed by atoms with Gasteiger partial charge in [0.05, 0.1) is 13.7 Å². The van der Waals surface area contributed by atoms with Crippen molar-refractivity contribution in [3.63, 3.8) is 0 Å². The van der Waals surface area contributed by atoms with Gasteiger partial charge in [-0.2, -0.15) is 0 Å². The van der Waals surface area contributed by atoms with Gasteiger partial charge in [-0.1, -0.05) is 0 Å². The Labute approximate surface area is 83.4 Å². The summed E-state index contributed by atoms with van der Waals surface area (Å²) in [6, 6.07) is 1.75.